The summed E-state index contributed by atoms with van der Waals surface area (Å²) in [5.74, 6) is -2.24. The number of hydrogen-bond donors (Lipinski definition) is 1. The second-order valence-corrected chi connectivity index (χ2v) is 7.79. The van der Waals surface area contributed by atoms with Gasteiger partial charge in [-0.15, -0.1) is 0 Å². The second kappa shape index (κ2) is 7.20. The van der Waals surface area contributed by atoms with Gasteiger partial charge in [-0.2, -0.15) is 0 Å². The van der Waals surface area contributed by atoms with Gasteiger partial charge >= 0.3 is 6.09 Å². The molecule has 132 valence electrons. The number of benzene rings is 1. The molecule has 1 N–H and O–H groups in total. The highest BCUT2D eigenvalue weighted by atomic mass is 127. The molecule has 0 spiro atoms. The molecule has 2 rings (SSSR count). The topological polar surface area (TPSA) is 58.6 Å². The fourth-order valence-electron chi connectivity index (χ4n) is 2.33. The van der Waals surface area contributed by atoms with Gasteiger partial charge < -0.3 is 15.0 Å². The highest BCUT2D eigenvalue weighted by Gasteiger charge is 2.31. The number of carbonyl (C=O) groups is 2. The smallest absolute Gasteiger partial charge is 0.410 e. The molecule has 24 heavy (non-hydrogen) atoms. The molecule has 0 saturated carbocycles. The molecule has 2 amide bonds. The van der Waals surface area contributed by atoms with Crippen molar-refractivity contribution >= 4 is 34.6 Å². The molecule has 1 atom stereocenters. The van der Waals surface area contributed by atoms with E-state index in [-0.39, 0.29) is 15.2 Å². The Bertz CT molecular complexity index is 661. The van der Waals surface area contributed by atoms with Crippen molar-refractivity contribution in [2.24, 2.45) is 0 Å². The average molecular weight is 452 g/mol. The number of amides is 2. The standard InChI is InChI=1S/C16H19F2IN2O3/c1-16(2,3)24-15(23)21-5-4-9(8-21)20-14(22)10-6-13(19)12(18)7-11(10)17/h6-7,9H,4-5,8H2,1-3H3,(H,20,22)/t9-/m0/s1. The summed E-state index contributed by atoms with van der Waals surface area (Å²) in [6.45, 7) is 6.07. The minimum Gasteiger partial charge on any atom is -0.444 e. The monoisotopic (exact) mass is 452 g/mol. The van der Waals surface area contributed by atoms with Crippen LogP contribution in [0.5, 0.6) is 0 Å². The molecule has 0 bridgehead atoms. The van der Waals surface area contributed by atoms with E-state index in [1.54, 1.807) is 43.4 Å². The molecule has 0 radical (unpaired) electrons. The van der Waals surface area contributed by atoms with E-state index < -0.39 is 29.2 Å². The van der Waals surface area contributed by atoms with Gasteiger partial charge in [0.1, 0.15) is 17.2 Å². The lowest BCUT2D eigenvalue weighted by Crippen LogP contribution is -2.40. The molecule has 5 nitrogen and oxygen atoms in total. The van der Waals surface area contributed by atoms with Gasteiger partial charge in [-0.05, 0) is 55.8 Å². The molecule has 1 aliphatic heterocycles. The van der Waals surface area contributed by atoms with Gasteiger partial charge in [0, 0.05) is 28.8 Å². The molecule has 8 heteroatoms. The first kappa shape index (κ1) is 18.9. The number of rotatable bonds is 2. The van der Waals surface area contributed by atoms with Crippen LogP contribution >= 0.6 is 22.6 Å². The summed E-state index contributed by atoms with van der Waals surface area (Å²) in [6.07, 6.45) is 0.104. The molecule has 1 aromatic rings. The SMILES string of the molecule is CC(C)(C)OC(=O)N1CC[C@H](NC(=O)c2cc(I)c(F)cc2F)C1. The summed E-state index contributed by atoms with van der Waals surface area (Å²) in [5, 5.41) is 2.68. The Hall–Kier alpha value is -1.45. The van der Waals surface area contributed by atoms with Gasteiger partial charge in [-0.25, -0.2) is 13.6 Å². The largest absolute Gasteiger partial charge is 0.444 e. The molecular weight excluding hydrogens is 433 g/mol. The predicted octanol–water partition coefficient (Wildman–Crippen LogP) is 3.31. The Balaban J connectivity index is 1.97. The molecule has 1 fully saturated rings. The second-order valence-electron chi connectivity index (χ2n) is 6.63. The first-order valence-electron chi connectivity index (χ1n) is 7.50. The van der Waals surface area contributed by atoms with Crippen molar-refractivity contribution in [3.05, 3.63) is 32.9 Å². The van der Waals surface area contributed by atoms with Crippen molar-refractivity contribution in [1.29, 1.82) is 0 Å². The third-order valence-corrected chi connectivity index (χ3v) is 4.26. The van der Waals surface area contributed by atoms with E-state index in [1.165, 1.54) is 11.0 Å². The molecule has 0 aliphatic carbocycles. The van der Waals surface area contributed by atoms with Gasteiger partial charge in [0.2, 0.25) is 0 Å². The predicted molar refractivity (Wildman–Crippen MR) is 92.8 cm³/mol. The van der Waals surface area contributed by atoms with Crippen LogP contribution in [0.3, 0.4) is 0 Å². The molecule has 1 heterocycles. The number of carbonyl (C=O) groups excluding carboxylic acids is 2. The maximum atomic E-state index is 13.8. The molecule has 1 aromatic carbocycles. The first-order valence-corrected chi connectivity index (χ1v) is 8.58. The van der Waals surface area contributed by atoms with Crippen LogP contribution < -0.4 is 5.32 Å². The number of ether oxygens (including phenoxy) is 1. The zero-order valence-electron chi connectivity index (χ0n) is 13.7. The third-order valence-electron chi connectivity index (χ3n) is 3.43. The van der Waals surface area contributed by atoms with Crippen LogP contribution in [0, 0.1) is 15.2 Å². The lowest BCUT2D eigenvalue weighted by atomic mass is 10.1. The van der Waals surface area contributed by atoms with Crippen LogP contribution in [0.15, 0.2) is 12.1 Å². The van der Waals surface area contributed by atoms with Crippen molar-refractivity contribution in [2.45, 2.75) is 38.8 Å². The fourth-order valence-corrected chi connectivity index (χ4v) is 2.80. The zero-order chi connectivity index (χ0) is 18.1. The fraction of sp³-hybridized carbons (Fsp3) is 0.500. The quantitative estimate of drug-likeness (QED) is 0.554. The lowest BCUT2D eigenvalue weighted by molar-refractivity contribution is 0.0290. The summed E-state index contributed by atoms with van der Waals surface area (Å²) in [7, 11) is 0. The van der Waals surface area contributed by atoms with Crippen molar-refractivity contribution in [2.75, 3.05) is 13.1 Å². The van der Waals surface area contributed by atoms with Crippen LogP contribution in [-0.2, 0) is 4.74 Å². The number of nitrogens with zero attached hydrogens (tertiary/aromatic N) is 1. The van der Waals surface area contributed by atoms with Gasteiger partial charge in [-0.3, -0.25) is 4.79 Å². The summed E-state index contributed by atoms with van der Waals surface area (Å²) in [4.78, 5) is 25.7. The van der Waals surface area contributed by atoms with E-state index in [1.807, 2.05) is 0 Å². The van der Waals surface area contributed by atoms with Crippen LogP contribution in [0.4, 0.5) is 13.6 Å². The van der Waals surface area contributed by atoms with Crippen LogP contribution in [0.2, 0.25) is 0 Å². The maximum Gasteiger partial charge on any atom is 0.410 e. The number of hydrogen-bond acceptors (Lipinski definition) is 3. The molecular formula is C16H19F2IN2O3. The van der Waals surface area contributed by atoms with Crippen molar-refractivity contribution in [3.63, 3.8) is 0 Å². The number of likely N-dealkylation sites (tertiary alicyclic amines) is 1. The minimum atomic E-state index is -0.910. The summed E-state index contributed by atoms with van der Waals surface area (Å²) >= 11 is 1.70. The molecule has 1 aliphatic rings. The Morgan fingerprint density at radius 1 is 1.29 bits per heavy atom. The molecule has 0 unspecified atom stereocenters. The lowest BCUT2D eigenvalue weighted by Gasteiger charge is -2.24. The van der Waals surface area contributed by atoms with E-state index in [0.29, 0.717) is 25.6 Å². The summed E-state index contributed by atoms with van der Waals surface area (Å²) in [5.41, 5.74) is -0.802. The highest BCUT2D eigenvalue weighted by molar-refractivity contribution is 14.1. The van der Waals surface area contributed by atoms with Crippen molar-refractivity contribution in [3.8, 4) is 0 Å². The molecule has 1 saturated heterocycles. The van der Waals surface area contributed by atoms with Crippen LogP contribution in [0.25, 0.3) is 0 Å². The van der Waals surface area contributed by atoms with Crippen molar-refractivity contribution < 1.29 is 23.1 Å². The van der Waals surface area contributed by atoms with E-state index in [4.69, 9.17) is 4.74 Å². The van der Waals surface area contributed by atoms with E-state index in [2.05, 4.69) is 5.32 Å². The summed E-state index contributed by atoms with van der Waals surface area (Å²) < 4.78 is 32.5. The minimum absolute atomic E-state index is 0.168. The molecule has 0 aromatic heterocycles. The van der Waals surface area contributed by atoms with Gasteiger partial charge in [0.15, 0.2) is 0 Å². The Morgan fingerprint density at radius 2 is 1.96 bits per heavy atom. The maximum absolute atomic E-state index is 13.8. The van der Waals surface area contributed by atoms with Gasteiger partial charge in [0.25, 0.3) is 5.91 Å². The zero-order valence-corrected chi connectivity index (χ0v) is 15.8. The Kier molecular flexibility index (Phi) is 5.67. The van der Waals surface area contributed by atoms with Crippen LogP contribution in [-0.4, -0.2) is 41.6 Å². The number of nitrogens with one attached hydrogen (secondary N) is 1. The average Bonchev–Trinajstić information content (AvgIpc) is 2.89. The normalized spacial score (nSPS) is 17.8. The highest BCUT2D eigenvalue weighted by Crippen LogP contribution is 2.19. The van der Waals surface area contributed by atoms with Crippen LogP contribution in [0.1, 0.15) is 37.6 Å². The van der Waals surface area contributed by atoms with Crippen molar-refractivity contribution in [1.82, 2.24) is 10.2 Å². The van der Waals surface area contributed by atoms with Gasteiger partial charge in [0.05, 0.1) is 5.56 Å². The first-order chi connectivity index (χ1) is 11.1. The Morgan fingerprint density at radius 3 is 2.58 bits per heavy atom. The van der Waals surface area contributed by atoms with E-state index in [0.717, 1.165) is 0 Å². The van der Waals surface area contributed by atoms with E-state index in [9.17, 15) is 18.4 Å². The van der Waals surface area contributed by atoms with E-state index >= 15 is 0 Å². The summed E-state index contributed by atoms with van der Waals surface area (Å²) in [6, 6.07) is 1.56. The third kappa shape index (κ3) is 4.78. The van der Waals surface area contributed by atoms with Gasteiger partial charge in [-0.1, -0.05) is 0 Å². The number of halogens is 3. The Labute approximate surface area is 152 Å².